The first-order valence-electron chi connectivity index (χ1n) is 10.3. The van der Waals surface area contributed by atoms with Crippen molar-refractivity contribution in [2.75, 3.05) is 0 Å². The first-order chi connectivity index (χ1) is 11.3. The molecule has 4 rings (SSSR count). The lowest BCUT2D eigenvalue weighted by Gasteiger charge is -2.64. The van der Waals surface area contributed by atoms with Gasteiger partial charge >= 0.3 is 0 Å². The summed E-state index contributed by atoms with van der Waals surface area (Å²) in [6.07, 6.45) is 14.9. The average molecular weight is 330 g/mol. The summed E-state index contributed by atoms with van der Waals surface area (Å²) in [7, 11) is 0. The van der Waals surface area contributed by atoms with E-state index in [2.05, 4.69) is 39.1 Å². The van der Waals surface area contributed by atoms with Crippen LogP contribution in [0.4, 0.5) is 0 Å². The number of rotatable bonds is 2. The number of amides is 1. The molecule has 1 N–H and O–H groups in total. The van der Waals surface area contributed by atoms with Gasteiger partial charge in [0.25, 0.3) is 0 Å². The Morgan fingerprint density at radius 1 is 1.17 bits per heavy atom. The van der Waals surface area contributed by atoms with Crippen LogP contribution >= 0.6 is 0 Å². The van der Waals surface area contributed by atoms with E-state index in [1.807, 2.05) is 6.08 Å². The molecule has 0 aromatic heterocycles. The van der Waals surface area contributed by atoms with Gasteiger partial charge in [-0.2, -0.15) is 0 Å². The van der Waals surface area contributed by atoms with Crippen molar-refractivity contribution < 1.29 is 4.79 Å². The molecular weight excluding hydrogens is 294 g/mol. The van der Waals surface area contributed by atoms with Crippen LogP contribution < -0.4 is 5.32 Å². The predicted molar refractivity (Wildman–Crippen MR) is 98.5 cm³/mol. The molecule has 0 bridgehead atoms. The number of hydrogen-bond donors (Lipinski definition) is 1. The van der Waals surface area contributed by atoms with E-state index < -0.39 is 0 Å². The molecule has 2 heteroatoms. The lowest BCUT2D eigenvalue weighted by Crippen LogP contribution is -2.64. The summed E-state index contributed by atoms with van der Waals surface area (Å²) < 4.78 is 0. The molecular formula is C22H35NO. The lowest BCUT2D eigenvalue weighted by atomic mass is 9.42. The molecule has 7 atom stereocenters. The molecule has 0 aromatic carbocycles. The fraction of sp³-hybridized carbons (Fsp3) is 0.864. The third kappa shape index (κ3) is 2.17. The van der Waals surface area contributed by atoms with E-state index in [0.717, 1.165) is 17.8 Å². The Hall–Kier alpha value is -0.790. The van der Waals surface area contributed by atoms with Crippen LogP contribution in [-0.4, -0.2) is 11.9 Å². The van der Waals surface area contributed by atoms with Crippen LogP contribution in [0.2, 0.25) is 0 Å². The number of nitrogens with one attached hydrogen (secondary N) is 1. The minimum absolute atomic E-state index is 0.122. The second-order valence-electron chi connectivity index (χ2n) is 10.2. The normalized spacial score (nSPS) is 53.1. The first kappa shape index (κ1) is 16.7. The van der Waals surface area contributed by atoms with Crippen LogP contribution in [0, 0.1) is 34.0 Å². The standard InChI is InChI=1S/C22H35NO/c1-5-10-21(3)14-17-22(4,13-9-18(24)23-17)16-8-12-20(2)11-6-7-15(20)19(16)21/h9,13,15-17,19H,5-8,10-12,14H2,1-4H3,(H,23,24)/t15-,16+,17?,19-,20-,21?,22+/m0/s1. The van der Waals surface area contributed by atoms with E-state index in [9.17, 15) is 4.79 Å². The zero-order chi connectivity index (χ0) is 17.2. The van der Waals surface area contributed by atoms with Gasteiger partial charge in [0.2, 0.25) is 5.91 Å². The molecule has 3 aliphatic carbocycles. The van der Waals surface area contributed by atoms with Crippen LogP contribution in [0.5, 0.6) is 0 Å². The lowest BCUT2D eigenvalue weighted by molar-refractivity contribution is -0.140. The third-order valence-corrected chi connectivity index (χ3v) is 8.81. The van der Waals surface area contributed by atoms with Crippen molar-refractivity contribution in [2.24, 2.45) is 34.0 Å². The molecule has 3 saturated carbocycles. The summed E-state index contributed by atoms with van der Waals surface area (Å²) in [6.45, 7) is 9.92. The highest BCUT2D eigenvalue weighted by Crippen LogP contribution is 2.68. The smallest absolute Gasteiger partial charge is 0.243 e. The van der Waals surface area contributed by atoms with Gasteiger partial charge < -0.3 is 5.32 Å². The molecule has 2 nitrogen and oxygen atoms in total. The molecule has 1 heterocycles. The summed E-state index contributed by atoms with van der Waals surface area (Å²) in [4.78, 5) is 12.0. The van der Waals surface area contributed by atoms with Crippen molar-refractivity contribution in [1.82, 2.24) is 5.32 Å². The summed E-state index contributed by atoms with van der Waals surface area (Å²) in [5.74, 6) is 2.59. The van der Waals surface area contributed by atoms with Crippen LogP contribution in [-0.2, 0) is 4.79 Å². The summed E-state index contributed by atoms with van der Waals surface area (Å²) >= 11 is 0. The summed E-state index contributed by atoms with van der Waals surface area (Å²) in [5, 5.41) is 3.35. The van der Waals surface area contributed by atoms with E-state index in [1.165, 1.54) is 51.4 Å². The first-order valence-corrected chi connectivity index (χ1v) is 10.3. The fourth-order valence-corrected chi connectivity index (χ4v) is 7.64. The molecule has 0 aromatic rings. The Kier molecular flexibility index (Phi) is 3.72. The minimum Gasteiger partial charge on any atom is -0.349 e. The highest BCUT2D eigenvalue weighted by atomic mass is 16.1. The van der Waals surface area contributed by atoms with Crippen molar-refractivity contribution >= 4 is 5.91 Å². The fourth-order valence-electron chi connectivity index (χ4n) is 7.64. The third-order valence-electron chi connectivity index (χ3n) is 8.81. The molecule has 4 aliphatic rings. The largest absolute Gasteiger partial charge is 0.349 e. The quantitative estimate of drug-likeness (QED) is 0.751. The van der Waals surface area contributed by atoms with Gasteiger partial charge in [-0.05, 0) is 73.2 Å². The number of fused-ring (bicyclic) bond motifs is 5. The van der Waals surface area contributed by atoms with Crippen LogP contribution in [0.1, 0.15) is 79.1 Å². The predicted octanol–water partition coefficient (Wildman–Crippen LogP) is 5.09. The van der Waals surface area contributed by atoms with E-state index >= 15 is 0 Å². The molecule has 1 aliphatic heterocycles. The second kappa shape index (κ2) is 5.35. The Morgan fingerprint density at radius 3 is 2.71 bits per heavy atom. The van der Waals surface area contributed by atoms with Crippen molar-refractivity contribution in [3.63, 3.8) is 0 Å². The number of carbonyl (C=O) groups is 1. The Bertz CT molecular complexity index is 568. The number of carbonyl (C=O) groups excluding carboxylic acids is 1. The maximum atomic E-state index is 12.0. The van der Waals surface area contributed by atoms with Gasteiger partial charge in [0.15, 0.2) is 0 Å². The van der Waals surface area contributed by atoms with Gasteiger partial charge in [0.05, 0.1) is 0 Å². The molecule has 1 amide bonds. The van der Waals surface area contributed by atoms with Crippen molar-refractivity contribution in [2.45, 2.75) is 85.1 Å². The van der Waals surface area contributed by atoms with Crippen molar-refractivity contribution in [3.8, 4) is 0 Å². The zero-order valence-electron chi connectivity index (χ0n) is 16.0. The van der Waals surface area contributed by atoms with E-state index in [0.29, 0.717) is 16.9 Å². The van der Waals surface area contributed by atoms with E-state index in [-0.39, 0.29) is 11.3 Å². The molecule has 24 heavy (non-hydrogen) atoms. The van der Waals surface area contributed by atoms with Crippen LogP contribution in [0.25, 0.3) is 0 Å². The Labute approximate surface area is 147 Å². The van der Waals surface area contributed by atoms with E-state index in [1.54, 1.807) is 0 Å². The zero-order valence-corrected chi connectivity index (χ0v) is 16.0. The molecule has 3 fully saturated rings. The van der Waals surface area contributed by atoms with Gasteiger partial charge in [-0.1, -0.05) is 46.6 Å². The molecule has 0 saturated heterocycles. The maximum Gasteiger partial charge on any atom is 0.243 e. The summed E-state index contributed by atoms with van der Waals surface area (Å²) in [6, 6.07) is 0.332. The Balaban J connectivity index is 1.79. The summed E-state index contributed by atoms with van der Waals surface area (Å²) in [5.41, 5.74) is 1.13. The van der Waals surface area contributed by atoms with Gasteiger partial charge in [-0.15, -0.1) is 0 Å². The molecule has 0 spiro atoms. The molecule has 2 unspecified atom stereocenters. The number of hydrogen-bond acceptors (Lipinski definition) is 1. The van der Waals surface area contributed by atoms with Crippen LogP contribution in [0.15, 0.2) is 12.2 Å². The molecule has 0 radical (unpaired) electrons. The Morgan fingerprint density at radius 2 is 1.96 bits per heavy atom. The van der Waals surface area contributed by atoms with Gasteiger partial charge in [0, 0.05) is 11.5 Å². The van der Waals surface area contributed by atoms with Gasteiger partial charge in [0.1, 0.15) is 0 Å². The monoisotopic (exact) mass is 329 g/mol. The van der Waals surface area contributed by atoms with Gasteiger partial charge in [-0.25, -0.2) is 0 Å². The minimum atomic E-state index is 0.122. The van der Waals surface area contributed by atoms with Gasteiger partial charge in [-0.3, -0.25) is 4.79 Å². The average Bonchev–Trinajstić information content (AvgIpc) is 2.91. The second-order valence-corrected chi connectivity index (χ2v) is 10.2. The van der Waals surface area contributed by atoms with Crippen molar-refractivity contribution in [1.29, 1.82) is 0 Å². The maximum absolute atomic E-state index is 12.0. The highest BCUT2D eigenvalue weighted by Gasteiger charge is 2.63. The van der Waals surface area contributed by atoms with Crippen LogP contribution in [0.3, 0.4) is 0 Å². The van der Waals surface area contributed by atoms with E-state index in [4.69, 9.17) is 0 Å². The highest BCUT2D eigenvalue weighted by molar-refractivity contribution is 5.89. The SMILES string of the molecule is CCCC1(C)CC2NC(=O)C=C[C@]2(C)[C@@H]2CC[C@]3(C)CCC[C@H]3[C@@H]21. The van der Waals surface area contributed by atoms with Crippen molar-refractivity contribution in [3.05, 3.63) is 12.2 Å². The topological polar surface area (TPSA) is 29.1 Å². The molecule has 134 valence electrons.